The van der Waals surface area contributed by atoms with E-state index in [1.165, 1.54) is 13.5 Å². The van der Waals surface area contributed by atoms with Crippen LogP contribution in [0, 0.1) is 11.3 Å². The van der Waals surface area contributed by atoms with Gasteiger partial charge in [-0.3, -0.25) is 4.79 Å². The average Bonchev–Trinajstić information content (AvgIpc) is 2.77. The van der Waals surface area contributed by atoms with Gasteiger partial charge in [-0.1, -0.05) is 39.0 Å². The topological polar surface area (TPSA) is 108 Å². The zero-order valence-electron chi connectivity index (χ0n) is 21.1. The molecule has 3 rings (SSSR count). The molecule has 8 heteroatoms. The molecule has 0 spiro atoms. The number of aliphatic hydroxyl groups excluding tert-OH is 1. The van der Waals surface area contributed by atoms with Crippen molar-refractivity contribution in [1.29, 1.82) is 0 Å². The van der Waals surface area contributed by atoms with Gasteiger partial charge in [0, 0.05) is 37.8 Å². The maximum atomic E-state index is 13.5. The summed E-state index contributed by atoms with van der Waals surface area (Å²) in [4.78, 5) is 29.3. The Morgan fingerprint density at radius 2 is 2.03 bits per heavy atom. The summed E-state index contributed by atoms with van der Waals surface area (Å²) < 4.78 is 4.75. The number of rotatable bonds is 8. The molecule has 34 heavy (non-hydrogen) atoms. The molecule has 8 nitrogen and oxygen atoms in total. The third-order valence-corrected chi connectivity index (χ3v) is 7.06. The third-order valence-electron chi connectivity index (χ3n) is 7.06. The Kier molecular flexibility index (Phi) is 8.95. The van der Waals surface area contributed by atoms with Crippen molar-refractivity contribution >= 4 is 17.7 Å². The first kappa shape index (κ1) is 26.4. The van der Waals surface area contributed by atoms with Crippen LogP contribution in [0.1, 0.15) is 52.0 Å². The smallest absolute Gasteiger partial charge is 0.407 e. The number of carbonyl (C=O) groups is 2. The van der Waals surface area contributed by atoms with Crippen molar-refractivity contribution in [2.75, 3.05) is 38.2 Å². The number of aliphatic hydroxyl groups is 1. The third kappa shape index (κ3) is 7.17. The molecule has 0 radical (unpaired) electrons. The number of amides is 2. The molecule has 2 aliphatic rings. The Morgan fingerprint density at radius 3 is 2.74 bits per heavy atom. The van der Waals surface area contributed by atoms with E-state index in [-0.39, 0.29) is 17.4 Å². The summed E-state index contributed by atoms with van der Waals surface area (Å²) in [6.07, 6.45) is 2.76. The number of β-amino-alcohol motifs (C(OH)–C–C–N with tert-alkyl or cyclic N) is 1. The van der Waals surface area contributed by atoms with Crippen LogP contribution in [0.25, 0.3) is 0 Å². The second-order valence-corrected chi connectivity index (χ2v) is 11.0. The summed E-state index contributed by atoms with van der Waals surface area (Å²) in [5.74, 6) is 0.636. The van der Waals surface area contributed by atoms with Crippen LogP contribution in [-0.2, 0) is 16.0 Å². The van der Waals surface area contributed by atoms with E-state index >= 15 is 0 Å². The minimum absolute atomic E-state index is 0.0136. The summed E-state index contributed by atoms with van der Waals surface area (Å²) in [5, 5.41) is 13.6. The van der Waals surface area contributed by atoms with Crippen molar-refractivity contribution in [3.63, 3.8) is 0 Å². The zero-order valence-corrected chi connectivity index (χ0v) is 21.1. The SMILES string of the molecule is COC(=O)NC1Cc2ccccc2N(C(=O)CC(C)(C)C[C@H](N)[C@@H](O)CN2CCCC(C)C2)C1. The van der Waals surface area contributed by atoms with Crippen LogP contribution in [0.3, 0.4) is 0 Å². The van der Waals surface area contributed by atoms with E-state index in [9.17, 15) is 14.7 Å². The van der Waals surface area contributed by atoms with Crippen LogP contribution >= 0.6 is 0 Å². The fraction of sp³-hybridized carbons (Fsp3) is 0.692. The highest BCUT2D eigenvalue weighted by Crippen LogP contribution is 2.33. The number of likely N-dealkylation sites (tertiary alicyclic amines) is 1. The highest BCUT2D eigenvalue weighted by atomic mass is 16.5. The van der Waals surface area contributed by atoms with Crippen LogP contribution < -0.4 is 16.0 Å². The van der Waals surface area contributed by atoms with Crippen molar-refractivity contribution < 1.29 is 19.4 Å². The Morgan fingerprint density at radius 1 is 1.29 bits per heavy atom. The van der Waals surface area contributed by atoms with Crippen molar-refractivity contribution in [1.82, 2.24) is 10.2 Å². The maximum absolute atomic E-state index is 13.5. The first-order valence-corrected chi connectivity index (χ1v) is 12.5. The first-order valence-electron chi connectivity index (χ1n) is 12.5. The van der Waals surface area contributed by atoms with Gasteiger partial charge in [-0.25, -0.2) is 4.79 Å². The Bertz CT molecular complexity index is 846. The molecular weight excluding hydrogens is 432 g/mol. The number of nitrogens with one attached hydrogen (secondary N) is 1. The van der Waals surface area contributed by atoms with Gasteiger partial charge in [0.2, 0.25) is 5.91 Å². The van der Waals surface area contributed by atoms with Crippen LogP contribution in [0.2, 0.25) is 0 Å². The van der Waals surface area contributed by atoms with Gasteiger partial charge in [-0.05, 0) is 55.2 Å². The molecule has 1 aromatic carbocycles. The second kappa shape index (κ2) is 11.5. The highest BCUT2D eigenvalue weighted by Gasteiger charge is 2.34. The lowest BCUT2D eigenvalue weighted by Crippen LogP contribution is -2.51. The fourth-order valence-corrected chi connectivity index (χ4v) is 5.36. The van der Waals surface area contributed by atoms with Crippen molar-refractivity contribution in [3.05, 3.63) is 29.8 Å². The molecular formula is C26H42N4O4. The number of anilines is 1. The van der Waals surface area contributed by atoms with Crippen LogP contribution in [-0.4, -0.2) is 73.5 Å². The van der Waals surface area contributed by atoms with Crippen molar-refractivity contribution in [3.8, 4) is 0 Å². The molecule has 0 aromatic heterocycles. The number of methoxy groups -OCH3 is 1. The summed E-state index contributed by atoms with van der Waals surface area (Å²) in [7, 11) is 1.33. The number of nitrogens with two attached hydrogens (primary N) is 1. The first-order chi connectivity index (χ1) is 16.1. The Balaban J connectivity index is 1.61. The van der Waals surface area contributed by atoms with E-state index in [1.807, 2.05) is 38.1 Å². The summed E-state index contributed by atoms with van der Waals surface area (Å²) in [5.41, 5.74) is 7.93. The summed E-state index contributed by atoms with van der Waals surface area (Å²) in [6.45, 7) is 9.28. The molecule has 2 aliphatic heterocycles. The van der Waals surface area contributed by atoms with E-state index in [0.717, 1.165) is 30.8 Å². The number of benzene rings is 1. The Hall–Kier alpha value is -2.16. The number of hydrogen-bond donors (Lipinski definition) is 3. The van der Waals surface area contributed by atoms with Crippen LogP contribution in [0.4, 0.5) is 10.5 Å². The van der Waals surface area contributed by atoms with Gasteiger partial charge in [0.15, 0.2) is 0 Å². The molecule has 0 aliphatic carbocycles. The van der Waals surface area contributed by atoms with Crippen LogP contribution in [0.15, 0.2) is 24.3 Å². The predicted octanol–water partition coefficient (Wildman–Crippen LogP) is 2.53. The predicted molar refractivity (Wildman–Crippen MR) is 134 cm³/mol. The van der Waals surface area contributed by atoms with E-state index in [0.29, 0.717) is 38.3 Å². The van der Waals surface area contributed by atoms with Gasteiger partial charge >= 0.3 is 6.09 Å². The number of carbonyl (C=O) groups excluding carboxylic acids is 2. The van der Waals surface area contributed by atoms with Gasteiger partial charge in [-0.15, -0.1) is 0 Å². The number of hydrogen-bond acceptors (Lipinski definition) is 6. The highest BCUT2D eigenvalue weighted by molar-refractivity contribution is 5.95. The lowest BCUT2D eigenvalue weighted by atomic mass is 9.80. The Labute approximate surface area is 203 Å². The van der Waals surface area contributed by atoms with Gasteiger partial charge in [0.05, 0.1) is 19.3 Å². The van der Waals surface area contributed by atoms with E-state index in [2.05, 4.69) is 17.1 Å². The molecule has 0 bridgehead atoms. The number of fused-ring (bicyclic) bond motifs is 1. The molecule has 2 unspecified atom stereocenters. The monoisotopic (exact) mass is 474 g/mol. The van der Waals surface area contributed by atoms with Gasteiger partial charge < -0.3 is 30.7 Å². The molecule has 1 fully saturated rings. The number of ether oxygens (including phenoxy) is 1. The molecule has 4 N–H and O–H groups in total. The number of para-hydroxylation sites is 1. The maximum Gasteiger partial charge on any atom is 0.407 e. The molecule has 1 aromatic rings. The van der Waals surface area contributed by atoms with E-state index in [1.54, 1.807) is 4.90 Å². The van der Waals surface area contributed by atoms with Gasteiger partial charge in [0.25, 0.3) is 0 Å². The molecule has 4 atom stereocenters. The number of alkyl carbamates (subject to hydrolysis) is 1. The summed E-state index contributed by atoms with van der Waals surface area (Å²) >= 11 is 0. The van der Waals surface area contributed by atoms with E-state index < -0.39 is 18.2 Å². The number of piperidine rings is 1. The number of nitrogens with zero attached hydrogens (tertiary/aromatic N) is 2. The molecule has 1 saturated heterocycles. The lowest BCUT2D eigenvalue weighted by Gasteiger charge is -2.38. The van der Waals surface area contributed by atoms with Crippen molar-refractivity contribution in [2.24, 2.45) is 17.1 Å². The largest absolute Gasteiger partial charge is 0.453 e. The lowest BCUT2D eigenvalue weighted by molar-refractivity contribution is -0.120. The van der Waals surface area contributed by atoms with Gasteiger partial charge in [0.1, 0.15) is 0 Å². The normalized spacial score (nSPS) is 23.1. The van der Waals surface area contributed by atoms with Crippen molar-refractivity contribution in [2.45, 2.75) is 71.1 Å². The average molecular weight is 475 g/mol. The molecule has 2 amide bonds. The molecule has 2 heterocycles. The second-order valence-electron chi connectivity index (χ2n) is 11.0. The van der Waals surface area contributed by atoms with Crippen LogP contribution in [0.5, 0.6) is 0 Å². The van der Waals surface area contributed by atoms with Gasteiger partial charge in [-0.2, -0.15) is 0 Å². The standard InChI is InChI=1S/C26H42N4O4/c1-18-8-7-11-29(15-18)17-23(31)21(27)13-26(2,3)14-24(32)30-16-20(28-25(33)34-4)12-19-9-5-6-10-22(19)30/h5-6,9-10,18,20-21,23,31H,7-8,11-17,27H2,1-4H3,(H,28,33)/t18?,20?,21-,23-/m0/s1. The van der Waals surface area contributed by atoms with E-state index in [4.69, 9.17) is 10.5 Å². The minimum atomic E-state index is -0.621. The molecule has 0 saturated carbocycles. The minimum Gasteiger partial charge on any atom is -0.453 e. The summed E-state index contributed by atoms with van der Waals surface area (Å²) in [6, 6.07) is 7.18. The molecule has 190 valence electrons. The quantitative estimate of drug-likeness (QED) is 0.534. The fourth-order valence-electron chi connectivity index (χ4n) is 5.36. The zero-order chi connectivity index (χ0) is 24.9.